The lowest BCUT2D eigenvalue weighted by molar-refractivity contribution is 1.08. The third-order valence-corrected chi connectivity index (χ3v) is 12.4. The number of fused-ring (bicyclic) bond motifs is 7. The zero-order chi connectivity index (χ0) is 38.9. The second-order valence-electron chi connectivity index (χ2n) is 14.7. The Morgan fingerprint density at radius 3 is 1.75 bits per heavy atom. The maximum absolute atomic E-state index is 5.27. The molecule has 12 aromatic rings. The molecule has 276 valence electrons. The van der Waals surface area contributed by atoms with E-state index in [1.165, 1.54) is 15.5 Å². The van der Waals surface area contributed by atoms with Gasteiger partial charge in [-0.1, -0.05) is 109 Å². The van der Waals surface area contributed by atoms with E-state index in [1.54, 1.807) is 11.3 Å². The first-order chi connectivity index (χ1) is 29.2. The minimum absolute atomic E-state index is 0.632. The van der Waals surface area contributed by atoms with Crippen molar-refractivity contribution in [2.24, 2.45) is 0 Å². The van der Waals surface area contributed by atoms with E-state index in [0.29, 0.717) is 17.5 Å². The number of hydrogen-bond acceptors (Lipinski definition) is 5. The van der Waals surface area contributed by atoms with Crippen LogP contribution in [-0.4, -0.2) is 29.1 Å². The van der Waals surface area contributed by atoms with Crippen molar-refractivity contribution in [2.75, 3.05) is 0 Å². The van der Waals surface area contributed by atoms with Crippen molar-refractivity contribution in [3.8, 4) is 56.9 Å². The van der Waals surface area contributed by atoms with Crippen LogP contribution in [0, 0.1) is 0 Å². The highest BCUT2D eigenvalue weighted by molar-refractivity contribution is 7.26. The summed E-state index contributed by atoms with van der Waals surface area (Å²) in [5.74, 6) is 2.82. The molecule has 12 rings (SSSR count). The molecule has 59 heavy (non-hydrogen) atoms. The number of thiophene rings is 1. The molecule has 0 bridgehead atoms. The van der Waals surface area contributed by atoms with Gasteiger partial charge in [-0.3, -0.25) is 4.57 Å². The average molecular weight is 773 g/mol. The molecule has 0 fully saturated rings. The number of nitrogens with zero attached hydrogens (tertiary/aromatic N) is 6. The van der Waals surface area contributed by atoms with Crippen LogP contribution in [-0.2, 0) is 0 Å². The van der Waals surface area contributed by atoms with Gasteiger partial charge in [0, 0.05) is 64.6 Å². The van der Waals surface area contributed by atoms with Crippen LogP contribution >= 0.6 is 11.3 Å². The summed E-state index contributed by atoms with van der Waals surface area (Å²) in [6.07, 6.45) is 0. The number of hydrogen-bond donors (Lipinski definition) is 0. The van der Waals surface area contributed by atoms with Crippen molar-refractivity contribution in [1.29, 1.82) is 0 Å². The molecule has 0 aliphatic rings. The monoisotopic (exact) mass is 772 g/mol. The topological polar surface area (TPSA) is 61.4 Å². The molecule has 0 saturated carbocycles. The Morgan fingerprint density at radius 1 is 0.356 bits per heavy atom. The summed E-state index contributed by atoms with van der Waals surface area (Å²) < 4.78 is 6.91. The predicted molar refractivity (Wildman–Crippen MR) is 243 cm³/mol. The molecule has 7 heteroatoms. The fraction of sp³-hybridized carbons (Fsp3) is 0. The molecule has 6 nitrogen and oxygen atoms in total. The maximum Gasteiger partial charge on any atom is 0.165 e. The Labute approximate surface area is 343 Å². The normalized spacial score (nSPS) is 11.7. The van der Waals surface area contributed by atoms with Crippen molar-refractivity contribution in [3.63, 3.8) is 0 Å². The van der Waals surface area contributed by atoms with Gasteiger partial charge in [-0.25, -0.2) is 19.9 Å². The van der Waals surface area contributed by atoms with E-state index >= 15 is 0 Å². The third kappa shape index (κ3) is 5.47. The molecule has 8 aromatic carbocycles. The highest BCUT2D eigenvalue weighted by atomic mass is 32.1. The van der Waals surface area contributed by atoms with Crippen LogP contribution < -0.4 is 0 Å². The van der Waals surface area contributed by atoms with E-state index in [4.69, 9.17) is 19.9 Å². The van der Waals surface area contributed by atoms with Crippen LogP contribution in [0.3, 0.4) is 0 Å². The summed E-state index contributed by atoms with van der Waals surface area (Å²) in [5, 5.41) is 4.66. The summed E-state index contributed by atoms with van der Waals surface area (Å²) >= 11 is 1.77. The van der Waals surface area contributed by atoms with Gasteiger partial charge in [-0.15, -0.1) is 11.3 Å². The zero-order valence-corrected chi connectivity index (χ0v) is 32.4. The summed E-state index contributed by atoms with van der Waals surface area (Å²) in [7, 11) is 0. The van der Waals surface area contributed by atoms with Gasteiger partial charge < -0.3 is 4.57 Å². The van der Waals surface area contributed by atoms with Crippen molar-refractivity contribution in [2.45, 2.75) is 0 Å². The van der Waals surface area contributed by atoms with Crippen molar-refractivity contribution < 1.29 is 0 Å². The highest BCUT2D eigenvalue weighted by Gasteiger charge is 2.20. The number of rotatable bonds is 6. The quantitative estimate of drug-likeness (QED) is 0.169. The van der Waals surface area contributed by atoms with Crippen LogP contribution in [0.5, 0.6) is 0 Å². The van der Waals surface area contributed by atoms with Crippen LogP contribution in [0.2, 0.25) is 0 Å². The van der Waals surface area contributed by atoms with Gasteiger partial charge in [0.25, 0.3) is 0 Å². The summed E-state index contributed by atoms with van der Waals surface area (Å²) in [5.41, 5.74) is 10.4. The second kappa shape index (κ2) is 13.4. The maximum atomic E-state index is 5.27. The Hall–Kier alpha value is -7.74. The van der Waals surface area contributed by atoms with Gasteiger partial charge in [0.05, 0.1) is 22.1 Å². The highest BCUT2D eigenvalue weighted by Crippen LogP contribution is 2.42. The summed E-state index contributed by atoms with van der Waals surface area (Å²) in [4.78, 5) is 20.7. The molecule has 0 aliphatic carbocycles. The largest absolute Gasteiger partial charge is 0.309 e. The zero-order valence-electron chi connectivity index (χ0n) is 31.6. The van der Waals surface area contributed by atoms with Gasteiger partial charge in [-0.05, 0) is 84.9 Å². The molecular weight excluding hydrogens is 741 g/mol. The summed E-state index contributed by atoms with van der Waals surface area (Å²) in [6.45, 7) is 0. The van der Waals surface area contributed by atoms with Crippen LogP contribution in [0.15, 0.2) is 194 Å². The van der Waals surface area contributed by atoms with Gasteiger partial charge in [0.15, 0.2) is 17.5 Å². The molecule has 0 spiro atoms. The van der Waals surface area contributed by atoms with Crippen LogP contribution in [0.1, 0.15) is 0 Å². The Kier molecular flexibility index (Phi) is 7.61. The van der Waals surface area contributed by atoms with Crippen molar-refractivity contribution >= 4 is 64.3 Å². The molecule has 0 amide bonds. The van der Waals surface area contributed by atoms with E-state index in [0.717, 1.165) is 77.0 Å². The van der Waals surface area contributed by atoms with Crippen LogP contribution in [0.25, 0.3) is 110 Å². The molecule has 0 radical (unpaired) electrons. The molecule has 0 saturated heterocycles. The smallest absolute Gasteiger partial charge is 0.165 e. The molecule has 0 unspecified atom stereocenters. The number of imidazole rings is 1. The Balaban J connectivity index is 1.03. The van der Waals surface area contributed by atoms with Gasteiger partial charge >= 0.3 is 0 Å². The molecule has 0 N–H and O–H groups in total. The number of aromatic nitrogens is 6. The van der Waals surface area contributed by atoms with Gasteiger partial charge in [0.2, 0.25) is 0 Å². The minimum atomic E-state index is 0.632. The minimum Gasteiger partial charge on any atom is -0.309 e. The molecule has 0 atom stereocenters. The lowest BCUT2D eigenvalue weighted by atomic mass is 10.1. The summed E-state index contributed by atoms with van der Waals surface area (Å²) in [6, 6.07) is 67.8. The van der Waals surface area contributed by atoms with E-state index < -0.39 is 0 Å². The van der Waals surface area contributed by atoms with E-state index in [9.17, 15) is 0 Å². The van der Waals surface area contributed by atoms with Gasteiger partial charge in [-0.2, -0.15) is 0 Å². The second-order valence-corrected chi connectivity index (χ2v) is 15.7. The third-order valence-electron chi connectivity index (χ3n) is 11.2. The number of para-hydroxylation sites is 5. The lowest BCUT2D eigenvalue weighted by Crippen LogP contribution is -2.00. The van der Waals surface area contributed by atoms with E-state index in [1.807, 2.05) is 30.3 Å². The first-order valence-corrected chi connectivity index (χ1v) is 20.5. The standard InChI is InChI=1S/C52H32N6S/c1-4-15-33(16-5-1)49-54-50(34-27-29-45-41(31-34)38-21-10-12-25-44(38)57(45)36-17-6-2-7-18-36)56-51(55-49)40-23-14-22-39-42-32-35(28-30-47(42)59-48(39)40)52-53-43-24-11-13-26-46(43)58(52)37-19-8-3-9-20-37/h1-32H. The first kappa shape index (κ1) is 33.4. The van der Waals surface area contributed by atoms with Gasteiger partial charge in [0.1, 0.15) is 5.82 Å². The van der Waals surface area contributed by atoms with Crippen molar-refractivity contribution in [3.05, 3.63) is 194 Å². The number of benzene rings is 8. The molecule has 4 heterocycles. The predicted octanol–water partition coefficient (Wildman–Crippen LogP) is 13.3. The molecule has 0 aliphatic heterocycles. The first-order valence-electron chi connectivity index (χ1n) is 19.6. The molecule has 4 aromatic heterocycles. The van der Waals surface area contributed by atoms with Crippen molar-refractivity contribution in [1.82, 2.24) is 29.1 Å². The fourth-order valence-electron chi connectivity index (χ4n) is 8.48. The fourth-order valence-corrected chi connectivity index (χ4v) is 9.67. The van der Waals surface area contributed by atoms with Crippen LogP contribution in [0.4, 0.5) is 0 Å². The average Bonchev–Trinajstić information content (AvgIpc) is 3.99. The Bertz CT molecular complexity index is 3550. The lowest BCUT2D eigenvalue weighted by Gasteiger charge is -2.10. The Morgan fingerprint density at radius 2 is 0.949 bits per heavy atom. The van der Waals surface area contributed by atoms with E-state index in [-0.39, 0.29) is 0 Å². The molecular formula is C52H32N6S. The van der Waals surface area contributed by atoms with E-state index in [2.05, 4.69) is 173 Å². The SMILES string of the molecule is c1ccc(-c2nc(-c3ccc4c(c3)c3ccccc3n4-c3ccccc3)nc(-c3cccc4c3sc3ccc(-c5nc6ccccc6n5-c5ccccc5)cc34)n2)cc1.